The van der Waals surface area contributed by atoms with Gasteiger partial charge in [-0.25, -0.2) is 13.1 Å². The van der Waals surface area contributed by atoms with Crippen molar-refractivity contribution in [3.05, 3.63) is 59.2 Å². The molecule has 1 fully saturated rings. The van der Waals surface area contributed by atoms with Crippen molar-refractivity contribution in [1.82, 2.24) is 4.72 Å². The van der Waals surface area contributed by atoms with Crippen molar-refractivity contribution in [1.29, 1.82) is 0 Å². The first kappa shape index (κ1) is 18.6. The summed E-state index contributed by atoms with van der Waals surface area (Å²) in [6.45, 7) is 6.50. The Morgan fingerprint density at radius 2 is 1.69 bits per heavy atom. The zero-order valence-electron chi connectivity index (χ0n) is 15.3. The highest BCUT2D eigenvalue weighted by atomic mass is 32.2. The lowest BCUT2D eigenvalue weighted by atomic mass is 10.1. The van der Waals surface area contributed by atoms with E-state index in [0.29, 0.717) is 17.9 Å². The van der Waals surface area contributed by atoms with Crippen LogP contribution < -0.4 is 9.62 Å². The molecule has 2 aromatic carbocycles. The van der Waals surface area contributed by atoms with Gasteiger partial charge in [0.15, 0.2) is 0 Å². The number of anilines is 1. The molecule has 0 bridgehead atoms. The van der Waals surface area contributed by atoms with E-state index in [9.17, 15) is 13.2 Å². The van der Waals surface area contributed by atoms with E-state index in [2.05, 4.69) is 4.72 Å². The van der Waals surface area contributed by atoms with Crippen molar-refractivity contribution < 1.29 is 13.2 Å². The topological polar surface area (TPSA) is 66.5 Å². The van der Waals surface area contributed by atoms with Gasteiger partial charge in [0.2, 0.25) is 15.9 Å². The van der Waals surface area contributed by atoms with E-state index in [-0.39, 0.29) is 18.4 Å². The summed E-state index contributed by atoms with van der Waals surface area (Å²) in [5.74, 6) is -0.00565. The minimum Gasteiger partial charge on any atom is -0.312 e. The summed E-state index contributed by atoms with van der Waals surface area (Å²) in [5, 5.41) is 0. The number of nitrogens with zero attached hydrogens (tertiary/aromatic N) is 1. The Balaban J connectivity index is 1.66. The molecule has 1 aliphatic heterocycles. The monoisotopic (exact) mass is 372 g/mol. The predicted octanol–water partition coefficient (Wildman–Crippen LogP) is 2.94. The van der Waals surface area contributed by atoms with Crippen molar-refractivity contribution in [2.75, 3.05) is 18.0 Å². The minimum atomic E-state index is -3.58. The minimum absolute atomic E-state index is 0.0320. The molecule has 0 aromatic heterocycles. The quantitative estimate of drug-likeness (QED) is 0.877. The second-order valence-electron chi connectivity index (χ2n) is 7.03. The molecular weight excluding hydrogens is 348 g/mol. The van der Waals surface area contributed by atoms with Crippen LogP contribution >= 0.6 is 0 Å². The highest BCUT2D eigenvalue weighted by Gasteiger charge is 2.31. The molecule has 0 saturated carbocycles. The number of amides is 1. The Hall–Kier alpha value is -2.18. The van der Waals surface area contributed by atoms with Crippen LogP contribution in [-0.2, 0) is 14.8 Å². The van der Waals surface area contributed by atoms with E-state index in [4.69, 9.17) is 0 Å². The van der Waals surface area contributed by atoms with Crippen molar-refractivity contribution in [3.63, 3.8) is 0 Å². The van der Waals surface area contributed by atoms with Gasteiger partial charge in [-0.05, 0) is 50.5 Å². The van der Waals surface area contributed by atoms with E-state index < -0.39 is 10.0 Å². The third-order valence-corrected chi connectivity index (χ3v) is 6.32. The maximum atomic E-state index is 12.6. The second kappa shape index (κ2) is 7.21. The fraction of sp³-hybridized carbons (Fsp3) is 0.350. The summed E-state index contributed by atoms with van der Waals surface area (Å²) in [6.07, 6.45) is 0.350. The third-order valence-electron chi connectivity index (χ3n) is 4.73. The third kappa shape index (κ3) is 3.97. The molecule has 1 heterocycles. The van der Waals surface area contributed by atoms with Crippen LogP contribution in [0.25, 0.3) is 0 Å². The van der Waals surface area contributed by atoms with Crippen molar-refractivity contribution in [2.24, 2.45) is 5.92 Å². The first-order valence-corrected chi connectivity index (χ1v) is 10.2. The first-order valence-electron chi connectivity index (χ1n) is 8.70. The van der Waals surface area contributed by atoms with Gasteiger partial charge in [0, 0.05) is 25.2 Å². The van der Waals surface area contributed by atoms with E-state index in [1.807, 2.05) is 44.2 Å². The van der Waals surface area contributed by atoms with Gasteiger partial charge in [0.25, 0.3) is 0 Å². The fourth-order valence-electron chi connectivity index (χ4n) is 3.30. The molecule has 5 nitrogen and oxygen atoms in total. The van der Waals surface area contributed by atoms with Gasteiger partial charge in [0.1, 0.15) is 0 Å². The van der Waals surface area contributed by atoms with Gasteiger partial charge < -0.3 is 4.90 Å². The summed E-state index contributed by atoms with van der Waals surface area (Å²) in [7, 11) is -3.58. The standard InChI is InChI=1S/C20H24N2O3S/c1-14-4-7-18(8-5-14)22-13-17(11-20(22)23)12-21-26(24,25)19-9-6-15(2)10-16(19)3/h4-10,17,21H,11-13H2,1-3H3/t17-/m0/s1. The van der Waals surface area contributed by atoms with Crippen molar-refractivity contribution in [3.8, 4) is 0 Å². The maximum Gasteiger partial charge on any atom is 0.240 e. The number of rotatable bonds is 5. The van der Waals surface area contributed by atoms with E-state index in [1.54, 1.807) is 24.0 Å². The number of sulfonamides is 1. The summed E-state index contributed by atoms with van der Waals surface area (Å²) >= 11 is 0. The fourth-order valence-corrected chi connectivity index (χ4v) is 4.64. The van der Waals surface area contributed by atoms with Crippen LogP contribution in [-0.4, -0.2) is 27.4 Å². The number of hydrogen-bond acceptors (Lipinski definition) is 3. The van der Waals surface area contributed by atoms with E-state index in [1.165, 1.54) is 0 Å². The summed E-state index contributed by atoms with van der Waals surface area (Å²) in [6, 6.07) is 13.1. The SMILES string of the molecule is Cc1ccc(N2C[C@H](CNS(=O)(=O)c3ccc(C)cc3C)CC2=O)cc1. The molecule has 1 aliphatic rings. The van der Waals surface area contributed by atoms with Crippen LogP contribution in [0.1, 0.15) is 23.1 Å². The molecule has 0 radical (unpaired) electrons. The Morgan fingerprint density at radius 3 is 2.35 bits per heavy atom. The van der Waals surface area contributed by atoms with Crippen LogP contribution in [0.2, 0.25) is 0 Å². The zero-order valence-corrected chi connectivity index (χ0v) is 16.1. The number of hydrogen-bond donors (Lipinski definition) is 1. The van der Waals surface area contributed by atoms with Crippen molar-refractivity contribution >= 4 is 21.6 Å². The van der Waals surface area contributed by atoms with E-state index >= 15 is 0 Å². The van der Waals surface area contributed by atoms with Crippen LogP contribution in [0.4, 0.5) is 5.69 Å². The largest absolute Gasteiger partial charge is 0.312 e. The Kier molecular flexibility index (Phi) is 5.16. The maximum absolute atomic E-state index is 12.6. The van der Waals surface area contributed by atoms with Crippen LogP contribution in [0.15, 0.2) is 47.4 Å². The van der Waals surface area contributed by atoms with Gasteiger partial charge in [-0.3, -0.25) is 4.79 Å². The highest BCUT2D eigenvalue weighted by Crippen LogP contribution is 2.25. The Morgan fingerprint density at radius 1 is 1.04 bits per heavy atom. The van der Waals surface area contributed by atoms with Gasteiger partial charge in [-0.15, -0.1) is 0 Å². The Labute approximate surface area is 155 Å². The number of aryl methyl sites for hydroxylation is 3. The molecule has 6 heteroatoms. The van der Waals surface area contributed by atoms with Gasteiger partial charge in [-0.1, -0.05) is 35.4 Å². The lowest BCUT2D eigenvalue weighted by Gasteiger charge is -2.17. The molecule has 26 heavy (non-hydrogen) atoms. The predicted molar refractivity (Wildman–Crippen MR) is 103 cm³/mol. The van der Waals surface area contributed by atoms with Crippen LogP contribution in [0.5, 0.6) is 0 Å². The zero-order chi connectivity index (χ0) is 18.9. The van der Waals surface area contributed by atoms with Crippen molar-refractivity contribution in [2.45, 2.75) is 32.1 Å². The molecule has 0 spiro atoms. The lowest BCUT2D eigenvalue weighted by Crippen LogP contribution is -2.31. The summed E-state index contributed by atoms with van der Waals surface area (Å²) < 4.78 is 27.8. The normalized spacial score (nSPS) is 17.7. The number of nitrogens with one attached hydrogen (secondary N) is 1. The van der Waals surface area contributed by atoms with Crippen LogP contribution in [0.3, 0.4) is 0 Å². The van der Waals surface area contributed by atoms with Gasteiger partial charge in [0.05, 0.1) is 4.90 Å². The molecule has 138 valence electrons. The average Bonchev–Trinajstić information content (AvgIpc) is 2.94. The molecule has 0 unspecified atom stereocenters. The second-order valence-corrected chi connectivity index (χ2v) is 8.77. The average molecular weight is 372 g/mol. The number of carbonyl (C=O) groups excluding carboxylic acids is 1. The summed E-state index contributed by atoms with van der Waals surface area (Å²) in [4.78, 5) is 14.3. The van der Waals surface area contributed by atoms with Gasteiger partial charge in [-0.2, -0.15) is 0 Å². The molecular formula is C20H24N2O3S. The molecule has 2 aromatic rings. The van der Waals surface area contributed by atoms with E-state index in [0.717, 1.165) is 22.4 Å². The smallest absolute Gasteiger partial charge is 0.240 e. The number of benzene rings is 2. The number of carbonyl (C=O) groups is 1. The summed E-state index contributed by atoms with van der Waals surface area (Å²) in [5.41, 5.74) is 3.75. The molecule has 1 amide bonds. The van der Waals surface area contributed by atoms with Crippen LogP contribution in [0, 0.1) is 26.7 Å². The molecule has 0 aliphatic carbocycles. The molecule has 1 N–H and O–H groups in total. The molecule has 1 atom stereocenters. The Bertz CT molecular complexity index is 921. The lowest BCUT2D eigenvalue weighted by molar-refractivity contribution is -0.117. The first-order chi connectivity index (χ1) is 12.3. The molecule has 3 rings (SSSR count). The molecule has 1 saturated heterocycles. The highest BCUT2D eigenvalue weighted by molar-refractivity contribution is 7.89. The van der Waals surface area contributed by atoms with Gasteiger partial charge >= 0.3 is 0 Å².